The molecule has 6 nitrogen and oxygen atoms in total. The lowest BCUT2D eigenvalue weighted by molar-refractivity contribution is -0.126. The average Bonchev–Trinajstić information content (AvgIpc) is 3.08. The van der Waals surface area contributed by atoms with E-state index in [1.54, 1.807) is 7.11 Å². The van der Waals surface area contributed by atoms with E-state index in [2.05, 4.69) is 21.7 Å². The monoisotopic (exact) mass is 407 g/mol. The zero-order chi connectivity index (χ0) is 21.7. The number of H-pyrrole nitrogens is 1. The lowest BCUT2D eigenvalue weighted by atomic mass is 10.0. The molecule has 1 aromatic heterocycles. The van der Waals surface area contributed by atoms with Gasteiger partial charge in [-0.2, -0.15) is 0 Å². The molecule has 0 aliphatic carbocycles. The Morgan fingerprint density at radius 1 is 1.00 bits per heavy atom. The number of aryl methyl sites for hydroxylation is 1. The molecule has 0 atom stereocenters. The molecule has 0 fully saturated rings. The molecule has 3 N–H and O–H groups in total. The Labute approximate surface area is 177 Å². The number of carbonyl (C=O) groups excluding carboxylic acids is 2. The van der Waals surface area contributed by atoms with Gasteiger partial charge in [0, 0.05) is 28.6 Å². The summed E-state index contributed by atoms with van der Waals surface area (Å²) in [5.41, 5.74) is 3.83. The third-order valence-electron chi connectivity index (χ3n) is 4.75. The van der Waals surface area contributed by atoms with Gasteiger partial charge < -0.3 is 20.4 Å². The lowest BCUT2D eigenvalue weighted by Crippen LogP contribution is -2.45. The summed E-state index contributed by atoms with van der Waals surface area (Å²) in [4.78, 5) is 27.8. The molecule has 0 bridgehead atoms. The van der Waals surface area contributed by atoms with Gasteiger partial charge >= 0.3 is 0 Å². The minimum Gasteiger partial charge on any atom is -0.497 e. The topological polar surface area (TPSA) is 83.2 Å². The second-order valence-corrected chi connectivity index (χ2v) is 8.33. The summed E-state index contributed by atoms with van der Waals surface area (Å²) >= 11 is 0. The number of benzene rings is 2. The second-order valence-electron chi connectivity index (χ2n) is 8.33. The highest BCUT2D eigenvalue weighted by molar-refractivity contribution is 5.92. The number of carbonyl (C=O) groups is 2. The van der Waals surface area contributed by atoms with Crippen molar-refractivity contribution in [2.75, 3.05) is 13.7 Å². The Bertz CT molecular complexity index is 1030. The summed E-state index contributed by atoms with van der Waals surface area (Å²) in [7, 11) is 1.64. The highest BCUT2D eigenvalue weighted by Crippen LogP contribution is 2.32. The van der Waals surface area contributed by atoms with E-state index in [1.165, 1.54) is 0 Å². The maximum Gasteiger partial charge on any atom is 0.239 e. The van der Waals surface area contributed by atoms with Gasteiger partial charge in [0.2, 0.25) is 11.8 Å². The second kappa shape index (κ2) is 9.03. The Morgan fingerprint density at radius 2 is 1.70 bits per heavy atom. The lowest BCUT2D eigenvalue weighted by Gasteiger charge is -2.20. The van der Waals surface area contributed by atoms with Crippen LogP contribution in [0.2, 0.25) is 0 Å². The first-order valence-electron chi connectivity index (χ1n) is 10.1. The minimum absolute atomic E-state index is 0.0185. The number of para-hydroxylation sites is 1. The number of rotatable bonds is 7. The Morgan fingerprint density at radius 3 is 2.37 bits per heavy atom. The first-order chi connectivity index (χ1) is 14.3. The van der Waals surface area contributed by atoms with Crippen LogP contribution < -0.4 is 15.4 Å². The van der Waals surface area contributed by atoms with E-state index in [0.717, 1.165) is 33.5 Å². The quantitative estimate of drug-likeness (QED) is 0.557. The SMILES string of the molecule is COc1ccc(-c2[nH]c3ccccc3c2CCC(=O)NCC(=O)NC(C)(C)C)cc1. The third-order valence-corrected chi connectivity index (χ3v) is 4.75. The zero-order valence-electron chi connectivity index (χ0n) is 18.0. The van der Waals surface area contributed by atoms with Crippen LogP contribution in [0.4, 0.5) is 0 Å². The van der Waals surface area contributed by atoms with Crippen molar-refractivity contribution in [3.8, 4) is 17.0 Å². The van der Waals surface area contributed by atoms with Crippen LogP contribution in [-0.4, -0.2) is 36.0 Å². The summed E-state index contributed by atoms with van der Waals surface area (Å²) in [6.07, 6.45) is 0.867. The fourth-order valence-corrected chi connectivity index (χ4v) is 3.43. The molecule has 158 valence electrons. The number of hydrogen-bond donors (Lipinski definition) is 3. The molecule has 2 aromatic carbocycles. The number of nitrogens with one attached hydrogen (secondary N) is 3. The van der Waals surface area contributed by atoms with Gasteiger partial charge in [-0.15, -0.1) is 0 Å². The van der Waals surface area contributed by atoms with Crippen LogP contribution in [0.3, 0.4) is 0 Å². The van der Waals surface area contributed by atoms with Crippen molar-refractivity contribution in [2.45, 2.75) is 39.2 Å². The van der Waals surface area contributed by atoms with E-state index < -0.39 is 0 Å². The molecule has 2 amide bonds. The standard InChI is InChI=1S/C24H29N3O3/c1-24(2,3)27-22(29)15-25-21(28)14-13-19-18-7-5-6-8-20(18)26-23(19)16-9-11-17(30-4)12-10-16/h5-12,26H,13-15H2,1-4H3,(H,25,28)(H,27,29). The molecule has 6 heteroatoms. The Kier molecular flexibility index (Phi) is 6.45. The maximum atomic E-state index is 12.4. The molecular formula is C24H29N3O3. The number of ether oxygens (including phenoxy) is 1. The zero-order valence-corrected chi connectivity index (χ0v) is 18.0. The molecule has 3 aromatic rings. The van der Waals surface area contributed by atoms with Gasteiger partial charge in [-0.05, 0) is 68.7 Å². The fourth-order valence-electron chi connectivity index (χ4n) is 3.43. The van der Waals surface area contributed by atoms with Crippen molar-refractivity contribution in [1.82, 2.24) is 15.6 Å². The minimum atomic E-state index is -0.320. The van der Waals surface area contributed by atoms with Crippen molar-refractivity contribution >= 4 is 22.7 Å². The van der Waals surface area contributed by atoms with Gasteiger partial charge in [-0.25, -0.2) is 0 Å². The molecular weight excluding hydrogens is 378 g/mol. The number of fused-ring (bicyclic) bond motifs is 1. The van der Waals surface area contributed by atoms with E-state index >= 15 is 0 Å². The van der Waals surface area contributed by atoms with Gasteiger partial charge in [0.25, 0.3) is 0 Å². The summed E-state index contributed by atoms with van der Waals surface area (Å²) in [6.45, 7) is 5.70. The van der Waals surface area contributed by atoms with E-state index in [9.17, 15) is 9.59 Å². The van der Waals surface area contributed by atoms with Gasteiger partial charge in [-0.1, -0.05) is 18.2 Å². The predicted molar refractivity (Wildman–Crippen MR) is 120 cm³/mol. The van der Waals surface area contributed by atoms with Crippen molar-refractivity contribution in [3.63, 3.8) is 0 Å². The molecule has 30 heavy (non-hydrogen) atoms. The molecule has 0 aliphatic heterocycles. The molecule has 0 saturated carbocycles. The van der Waals surface area contributed by atoms with E-state index in [-0.39, 0.29) is 23.9 Å². The van der Waals surface area contributed by atoms with Crippen LogP contribution in [-0.2, 0) is 16.0 Å². The normalized spacial score (nSPS) is 11.3. The first kappa shape index (κ1) is 21.4. The van der Waals surface area contributed by atoms with E-state index in [1.807, 2.05) is 63.2 Å². The maximum absolute atomic E-state index is 12.4. The number of amides is 2. The van der Waals surface area contributed by atoms with Crippen LogP contribution in [0.5, 0.6) is 5.75 Å². The van der Waals surface area contributed by atoms with Crippen molar-refractivity contribution < 1.29 is 14.3 Å². The summed E-state index contributed by atoms with van der Waals surface area (Å²) in [5, 5.41) is 6.65. The smallest absolute Gasteiger partial charge is 0.239 e. The number of methoxy groups -OCH3 is 1. The van der Waals surface area contributed by atoms with Crippen LogP contribution in [0, 0.1) is 0 Å². The van der Waals surface area contributed by atoms with E-state index in [0.29, 0.717) is 12.8 Å². The Hall–Kier alpha value is -3.28. The fraction of sp³-hybridized carbons (Fsp3) is 0.333. The van der Waals surface area contributed by atoms with Gasteiger partial charge in [0.1, 0.15) is 5.75 Å². The van der Waals surface area contributed by atoms with Crippen LogP contribution in [0.1, 0.15) is 32.8 Å². The van der Waals surface area contributed by atoms with Gasteiger partial charge in [0.15, 0.2) is 0 Å². The molecule has 1 heterocycles. The van der Waals surface area contributed by atoms with Crippen molar-refractivity contribution in [1.29, 1.82) is 0 Å². The van der Waals surface area contributed by atoms with E-state index in [4.69, 9.17) is 4.74 Å². The van der Waals surface area contributed by atoms with Crippen LogP contribution >= 0.6 is 0 Å². The highest BCUT2D eigenvalue weighted by Gasteiger charge is 2.16. The largest absolute Gasteiger partial charge is 0.497 e. The third kappa shape index (κ3) is 5.41. The Balaban J connectivity index is 1.73. The van der Waals surface area contributed by atoms with Crippen LogP contribution in [0.15, 0.2) is 48.5 Å². The number of aromatic nitrogens is 1. The molecule has 0 spiro atoms. The number of hydrogen-bond acceptors (Lipinski definition) is 3. The first-order valence-corrected chi connectivity index (χ1v) is 10.1. The molecule has 3 rings (SSSR count). The van der Waals surface area contributed by atoms with Gasteiger partial charge in [-0.3, -0.25) is 9.59 Å². The summed E-state index contributed by atoms with van der Waals surface area (Å²) in [6, 6.07) is 15.9. The average molecular weight is 408 g/mol. The molecule has 0 unspecified atom stereocenters. The van der Waals surface area contributed by atoms with Crippen molar-refractivity contribution in [2.24, 2.45) is 0 Å². The predicted octanol–water partition coefficient (Wildman–Crippen LogP) is 3.81. The molecule has 0 aliphatic rings. The van der Waals surface area contributed by atoms with Crippen molar-refractivity contribution in [3.05, 3.63) is 54.1 Å². The molecule has 0 saturated heterocycles. The highest BCUT2D eigenvalue weighted by atomic mass is 16.5. The van der Waals surface area contributed by atoms with Crippen LogP contribution in [0.25, 0.3) is 22.2 Å². The molecule has 0 radical (unpaired) electrons. The summed E-state index contributed by atoms with van der Waals surface area (Å²) < 4.78 is 5.25. The number of aromatic amines is 1. The summed E-state index contributed by atoms with van der Waals surface area (Å²) in [5.74, 6) is 0.455. The van der Waals surface area contributed by atoms with Gasteiger partial charge in [0.05, 0.1) is 13.7 Å².